The van der Waals surface area contributed by atoms with Crippen molar-refractivity contribution in [2.24, 2.45) is 0 Å². The zero-order chi connectivity index (χ0) is 29.0. The quantitative estimate of drug-likeness (QED) is 0.369. The number of alkyl carbamates (subject to hydrolysis) is 1. The highest BCUT2D eigenvalue weighted by Crippen LogP contribution is 2.44. The van der Waals surface area contributed by atoms with Crippen molar-refractivity contribution in [2.45, 2.75) is 82.9 Å². The first-order valence-electron chi connectivity index (χ1n) is 13.1. The average Bonchev–Trinajstić information content (AvgIpc) is 3.15. The summed E-state index contributed by atoms with van der Waals surface area (Å²) in [4.78, 5) is 38.2. The van der Waals surface area contributed by atoms with Crippen molar-refractivity contribution in [1.82, 2.24) is 10.6 Å². The number of ether oxygens (including phenoxy) is 2. The SMILES string of the molecule is C[C@H](OC(C)(C)C)[C@@H](NC(=O)[C@@H](CSC(C)(C)C)NC(=O)OCC1c2ccccc2-c2ccccc21)C(=O)O. The van der Waals surface area contributed by atoms with Gasteiger partial charge in [0.25, 0.3) is 0 Å². The van der Waals surface area contributed by atoms with Crippen LogP contribution in [0.4, 0.5) is 4.79 Å². The zero-order valence-corrected chi connectivity index (χ0v) is 24.6. The van der Waals surface area contributed by atoms with Crippen LogP contribution in [-0.2, 0) is 19.1 Å². The molecule has 2 aromatic carbocycles. The maximum absolute atomic E-state index is 13.3. The highest BCUT2D eigenvalue weighted by Gasteiger charge is 2.34. The van der Waals surface area contributed by atoms with Gasteiger partial charge in [0.2, 0.25) is 5.91 Å². The molecule has 8 nitrogen and oxygen atoms in total. The van der Waals surface area contributed by atoms with Crippen LogP contribution >= 0.6 is 11.8 Å². The lowest BCUT2D eigenvalue weighted by atomic mass is 9.98. The minimum atomic E-state index is -1.29. The number of hydrogen-bond acceptors (Lipinski definition) is 6. The summed E-state index contributed by atoms with van der Waals surface area (Å²) in [6.45, 7) is 13.1. The van der Waals surface area contributed by atoms with Gasteiger partial charge in [-0.1, -0.05) is 69.3 Å². The number of rotatable bonds is 10. The van der Waals surface area contributed by atoms with Crippen molar-refractivity contribution < 1.29 is 29.0 Å². The predicted molar refractivity (Wildman–Crippen MR) is 154 cm³/mol. The third kappa shape index (κ3) is 8.47. The molecule has 0 saturated heterocycles. The summed E-state index contributed by atoms with van der Waals surface area (Å²) < 4.78 is 11.2. The summed E-state index contributed by atoms with van der Waals surface area (Å²) in [5.74, 6) is -1.72. The van der Waals surface area contributed by atoms with Crippen LogP contribution in [-0.4, -0.2) is 64.0 Å². The molecule has 0 fully saturated rings. The fraction of sp³-hybridized carbons (Fsp3) is 0.500. The van der Waals surface area contributed by atoms with Crippen LogP contribution in [0.15, 0.2) is 48.5 Å². The van der Waals surface area contributed by atoms with Crippen LogP contribution in [0.5, 0.6) is 0 Å². The van der Waals surface area contributed by atoms with Gasteiger partial charge in [-0.05, 0) is 49.9 Å². The summed E-state index contributed by atoms with van der Waals surface area (Å²) >= 11 is 1.48. The molecule has 0 bridgehead atoms. The molecule has 1 aliphatic carbocycles. The van der Waals surface area contributed by atoms with Crippen molar-refractivity contribution in [3.8, 4) is 11.1 Å². The van der Waals surface area contributed by atoms with E-state index in [0.717, 1.165) is 22.3 Å². The number of benzene rings is 2. The smallest absolute Gasteiger partial charge is 0.407 e. The maximum atomic E-state index is 13.3. The molecule has 0 spiro atoms. The van der Waals surface area contributed by atoms with Crippen molar-refractivity contribution in [1.29, 1.82) is 0 Å². The number of nitrogens with one attached hydrogen (secondary N) is 2. The molecule has 3 atom stereocenters. The molecule has 0 saturated carbocycles. The van der Waals surface area contributed by atoms with Gasteiger partial charge >= 0.3 is 12.1 Å². The lowest BCUT2D eigenvalue weighted by Gasteiger charge is -2.30. The van der Waals surface area contributed by atoms with Crippen molar-refractivity contribution in [3.63, 3.8) is 0 Å². The van der Waals surface area contributed by atoms with Crippen LogP contribution in [0.1, 0.15) is 65.5 Å². The molecule has 212 valence electrons. The van der Waals surface area contributed by atoms with E-state index in [4.69, 9.17) is 9.47 Å². The molecule has 0 unspecified atom stereocenters. The topological polar surface area (TPSA) is 114 Å². The third-order valence-corrected chi connectivity index (χ3v) is 7.57. The zero-order valence-electron chi connectivity index (χ0n) is 23.7. The second-order valence-electron chi connectivity index (χ2n) is 11.7. The Labute approximate surface area is 235 Å². The molecule has 0 heterocycles. The molecule has 3 N–H and O–H groups in total. The van der Waals surface area contributed by atoms with E-state index in [9.17, 15) is 19.5 Å². The Morgan fingerprint density at radius 2 is 1.46 bits per heavy atom. The summed E-state index contributed by atoms with van der Waals surface area (Å²) in [6.07, 6.45) is -1.53. The van der Waals surface area contributed by atoms with E-state index in [1.54, 1.807) is 6.92 Å². The predicted octanol–water partition coefficient (Wildman–Crippen LogP) is 5.20. The number of carboxylic acid groups (broad SMARTS) is 1. The Kier molecular flexibility index (Phi) is 9.72. The molecule has 2 aromatic rings. The van der Waals surface area contributed by atoms with E-state index in [2.05, 4.69) is 22.8 Å². The monoisotopic (exact) mass is 556 g/mol. The van der Waals surface area contributed by atoms with Gasteiger partial charge in [0.1, 0.15) is 12.6 Å². The Bertz CT molecular complexity index is 1140. The maximum Gasteiger partial charge on any atom is 0.407 e. The molecule has 9 heteroatoms. The molecule has 3 rings (SSSR count). The highest BCUT2D eigenvalue weighted by atomic mass is 32.2. The van der Waals surface area contributed by atoms with Crippen LogP contribution in [0.25, 0.3) is 11.1 Å². The number of fused-ring (bicyclic) bond motifs is 3. The van der Waals surface area contributed by atoms with Crippen LogP contribution < -0.4 is 10.6 Å². The summed E-state index contributed by atoms with van der Waals surface area (Å²) in [5.41, 5.74) is 3.81. The molecule has 39 heavy (non-hydrogen) atoms. The number of hydrogen-bond donors (Lipinski definition) is 3. The van der Waals surface area contributed by atoms with Crippen molar-refractivity contribution in [3.05, 3.63) is 59.7 Å². The van der Waals surface area contributed by atoms with Crippen molar-refractivity contribution in [2.75, 3.05) is 12.4 Å². The molecule has 0 aliphatic heterocycles. The van der Waals surface area contributed by atoms with Crippen LogP contribution in [0.3, 0.4) is 0 Å². The van der Waals surface area contributed by atoms with E-state index in [1.807, 2.05) is 77.9 Å². The number of thioether (sulfide) groups is 1. The summed E-state index contributed by atoms with van der Waals surface area (Å²) in [5, 5.41) is 15.0. The molecular formula is C30H40N2O6S. The highest BCUT2D eigenvalue weighted by molar-refractivity contribution is 8.00. The molecule has 1 aliphatic rings. The van der Waals surface area contributed by atoms with Gasteiger partial charge in [0.15, 0.2) is 6.04 Å². The summed E-state index contributed by atoms with van der Waals surface area (Å²) in [7, 11) is 0. The van der Waals surface area contributed by atoms with Gasteiger partial charge in [0.05, 0.1) is 11.7 Å². The minimum absolute atomic E-state index is 0.106. The number of carbonyl (C=O) groups is 3. The minimum Gasteiger partial charge on any atom is -0.480 e. The van der Waals surface area contributed by atoms with Gasteiger partial charge < -0.3 is 25.2 Å². The Hall–Kier alpha value is -3.04. The first-order valence-corrected chi connectivity index (χ1v) is 14.1. The third-order valence-electron chi connectivity index (χ3n) is 6.21. The fourth-order valence-corrected chi connectivity index (χ4v) is 5.46. The second-order valence-corrected chi connectivity index (χ2v) is 13.6. The molecule has 0 aromatic heterocycles. The Morgan fingerprint density at radius 3 is 1.95 bits per heavy atom. The van der Waals surface area contributed by atoms with E-state index in [-0.39, 0.29) is 23.0 Å². The molecule has 0 radical (unpaired) electrons. The average molecular weight is 557 g/mol. The van der Waals surface area contributed by atoms with Gasteiger partial charge in [-0.2, -0.15) is 11.8 Å². The first kappa shape index (κ1) is 30.5. The van der Waals surface area contributed by atoms with Crippen molar-refractivity contribution >= 4 is 29.7 Å². The van der Waals surface area contributed by atoms with Crippen LogP contribution in [0, 0.1) is 0 Å². The van der Waals surface area contributed by atoms with Gasteiger partial charge in [0, 0.05) is 16.4 Å². The van der Waals surface area contributed by atoms with Gasteiger partial charge in [-0.25, -0.2) is 9.59 Å². The van der Waals surface area contributed by atoms with E-state index in [1.165, 1.54) is 11.8 Å². The second kappa shape index (κ2) is 12.4. The normalized spacial score (nSPS) is 15.5. The standard InChI is InChI=1S/C30H40N2O6S/c1-18(38-29(2,3)4)25(27(34)35)32-26(33)24(17-39-30(5,6)7)31-28(36)37-16-23-21-14-10-8-12-19(21)20-13-9-11-15-22(20)23/h8-15,18,23-25H,16-17H2,1-7H3,(H,31,36)(H,32,33)(H,34,35)/t18-,24+,25+/m0/s1. The van der Waals surface area contributed by atoms with Crippen LogP contribution in [0.2, 0.25) is 0 Å². The summed E-state index contributed by atoms with van der Waals surface area (Å²) in [6, 6.07) is 13.8. The Balaban J connectivity index is 1.71. The number of carboxylic acids is 1. The molecule has 2 amide bonds. The first-order chi connectivity index (χ1) is 18.2. The fourth-order valence-electron chi connectivity index (χ4n) is 4.56. The number of carbonyl (C=O) groups excluding carboxylic acids is 2. The molecular weight excluding hydrogens is 516 g/mol. The largest absolute Gasteiger partial charge is 0.480 e. The number of amides is 2. The number of aliphatic carboxylic acids is 1. The lowest BCUT2D eigenvalue weighted by Crippen LogP contribution is -2.56. The van der Waals surface area contributed by atoms with E-state index in [0.29, 0.717) is 0 Å². The lowest BCUT2D eigenvalue weighted by molar-refractivity contribution is -0.150. The van der Waals surface area contributed by atoms with E-state index >= 15 is 0 Å². The van der Waals surface area contributed by atoms with Gasteiger partial charge in [-0.3, -0.25) is 4.79 Å². The Morgan fingerprint density at radius 1 is 0.923 bits per heavy atom. The van der Waals surface area contributed by atoms with E-state index < -0.39 is 41.8 Å². The van der Waals surface area contributed by atoms with Gasteiger partial charge in [-0.15, -0.1) is 0 Å².